The zero-order valence-electron chi connectivity index (χ0n) is 7.83. The molecule has 3 N–H and O–H groups in total. The summed E-state index contributed by atoms with van der Waals surface area (Å²) in [4.78, 5) is 0. The molecule has 0 saturated carbocycles. The molecule has 1 fully saturated rings. The number of anilines is 1. The molecule has 0 radical (unpaired) electrons. The molecular formula is C9H13ClN4. The quantitative estimate of drug-likeness (QED) is 0.741. The number of nitrogens with zero attached hydrogens (tertiary/aromatic N) is 2. The molecular weight excluding hydrogens is 200 g/mol. The van der Waals surface area contributed by atoms with Gasteiger partial charge in [0.15, 0.2) is 5.15 Å². The van der Waals surface area contributed by atoms with Crippen LogP contribution < -0.4 is 11.1 Å². The van der Waals surface area contributed by atoms with E-state index in [2.05, 4.69) is 15.5 Å². The molecule has 76 valence electrons. The maximum absolute atomic E-state index is 5.70. The number of piperidine rings is 1. The molecule has 0 amide bonds. The van der Waals surface area contributed by atoms with E-state index >= 15 is 0 Å². The standard InChI is InChI=1S/C9H13ClN4/c10-9-6(11)5-8(13-14-9)7-3-1-2-4-12-7/h5,7,12H,1-4H2,(H2,11,13). The number of nitrogens with two attached hydrogens (primary N) is 1. The Balaban J connectivity index is 2.18. The molecule has 1 atom stereocenters. The second-order valence-corrected chi connectivity index (χ2v) is 3.88. The first-order chi connectivity index (χ1) is 6.77. The number of nitrogens with one attached hydrogen (secondary N) is 1. The van der Waals surface area contributed by atoms with Crippen LogP contribution in [0.2, 0.25) is 5.15 Å². The van der Waals surface area contributed by atoms with Crippen molar-refractivity contribution in [1.29, 1.82) is 0 Å². The summed E-state index contributed by atoms with van der Waals surface area (Å²) in [5.74, 6) is 0. The van der Waals surface area contributed by atoms with Gasteiger partial charge in [0, 0.05) is 0 Å². The first-order valence-corrected chi connectivity index (χ1v) is 5.17. The molecule has 2 heterocycles. The first-order valence-electron chi connectivity index (χ1n) is 4.79. The lowest BCUT2D eigenvalue weighted by atomic mass is 10.0. The molecule has 0 aromatic carbocycles. The zero-order valence-corrected chi connectivity index (χ0v) is 8.59. The van der Waals surface area contributed by atoms with Gasteiger partial charge in [-0.2, -0.15) is 5.10 Å². The SMILES string of the molecule is Nc1cc(C2CCCCN2)nnc1Cl. The van der Waals surface area contributed by atoms with Crippen LogP contribution in [0.15, 0.2) is 6.07 Å². The second-order valence-electron chi connectivity index (χ2n) is 3.52. The van der Waals surface area contributed by atoms with E-state index in [9.17, 15) is 0 Å². The van der Waals surface area contributed by atoms with E-state index in [1.165, 1.54) is 12.8 Å². The number of hydrogen-bond donors (Lipinski definition) is 2. The third-order valence-electron chi connectivity index (χ3n) is 2.46. The molecule has 0 spiro atoms. The van der Waals surface area contributed by atoms with E-state index in [4.69, 9.17) is 17.3 Å². The average molecular weight is 213 g/mol. The highest BCUT2D eigenvalue weighted by Gasteiger charge is 2.17. The van der Waals surface area contributed by atoms with E-state index in [0.29, 0.717) is 5.69 Å². The Hall–Kier alpha value is -0.870. The van der Waals surface area contributed by atoms with Crippen molar-refractivity contribution in [3.63, 3.8) is 0 Å². The Morgan fingerprint density at radius 3 is 2.93 bits per heavy atom. The van der Waals surface area contributed by atoms with Crippen LogP contribution in [-0.4, -0.2) is 16.7 Å². The molecule has 1 saturated heterocycles. The van der Waals surface area contributed by atoms with Crippen molar-refractivity contribution in [1.82, 2.24) is 15.5 Å². The molecule has 1 aliphatic heterocycles. The largest absolute Gasteiger partial charge is 0.396 e. The minimum Gasteiger partial charge on any atom is -0.396 e. The highest BCUT2D eigenvalue weighted by molar-refractivity contribution is 6.31. The van der Waals surface area contributed by atoms with Crippen LogP contribution in [0.1, 0.15) is 31.0 Å². The van der Waals surface area contributed by atoms with Crippen LogP contribution in [0.4, 0.5) is 5.69 Å². The van der Waals surface area contributed by atoms with Gasteiger partial charge in [0.2, 0.25) is 0 Å². The normalized spacial score (nSPS) is 22.2. The number of nitrogen functional groups attached to an aromatic ring is 1. The Kier molecular flexibility index (Phi) is 2.84. The monoisotopic (exact) mass is 212 g/mol. The van der Waals surface area contributed by atoms with Crippen molar-refractivity contribution in [2.45, 2.75) is 25.3 Å². The fourth-order valence-electron chi connectivity index (χ4n) is 1.68. The lowest BCUT2D eigenvalue weighted by Crippen LogP contribution is -2.27. The first kappa shape index (κ1) is 9.68. The lowest BCUT2D eigenvalue weighted by molar-refractivity contribution is 0.403. The van der Waals surface area contributed by atoms with Crippen molar-refractivity contribution in [2.24, 2.45) is 0 Å². The molecule has 4 nitrogen and oxygen atoms in total. The zero-order chi connectivity index (χ0) is 9.97. The van der Waals surface area contributed by atoms with Gasteiger partial charge in [0.05, 0.1) is 17.4 Å². The minimum atomic E-state index is 0.282. The van der Waals surface area contributed by atoms with E-state index in [1.54, 1.807) is 6.07 Å². The fourth-order valence-corrected chi connectivity index (χ4v) is 1.77. The summed E-state index contributed by atoms with van der Waals surface area (Å²) in [5.41, 5.74) is 7.06. The van der Waals surface area contributed by atoms with Gasteiger partial charge in [0.1, 0.15) is 0 Å². The molecule has 5 heteroatoms. The van der Waals surface area contributed by atoms with Gasteiger partial charge in [-0.1, -0.05) is 18.0 Å². The number of halogens is 1. The average Bonchev–Trinajstić information content (AvgIpc) is 2.23. The highest BCUT2D eigenvalue weighted by atomic mass is 35.5. The van der Waals surface area contributed by atoms with E-state index in [1.807, 2.05) is 0 Å². The third-order valence-corrected chi connectivity index (χ3v) is 2.76. The van der Waals surface area contributed by atoms with Gasteiger partial charge in [-0.15, -0.1) is 5.10 Å². The van der Waals surface area contributed by atoms with Crippen molar-refractivity contribution in [3.8, 4) is 0 Å². The summed E-state index contributed by atoms with van der Waals surface area (Å²) in [5, 5.41) is 11.5. The maximum Gasteiger partial charge on any atom is 0.174 e. The predicted octanol–water partition coefficient (Wildman–Crippen LogP) is 1.53. The molecule has 1 unspecified atom stereocenters. The molecule has 1 aromatic rings. The van der Waals surface area contributed by atoms with E-state index < -0.39 is 0 Å². The summed E-state index contributed by atoms with van der Waals surface area (Å²) in [6.07, 6.45) is 3.55. The van der Waals surface area contributed by atoms with Gasteiger partial charge in [-0.3, -0.25) is 0 Å². The van der Waals surface area contributed by atoms with Crippen LogP contribution in [0.25, 0.3) is 0 Å². The summed E-state index contributed by atoms with van der Waals surface area (Å²) in [6.45, 7) is 1.04. The lowest BCUT2D eigenvalue weighted by Gasteiger charge is -2.22. The van der Waals surface area contributed by atoms with E-state index in [-0.39, 0.29) is 11.2 Å². The Labute approximate surface area is 87.9 Å². The van der Waals surface area contributed by atoms with Crippen molar-refractivity contribution >= 4 is 17.3 Å². The van der Waals surface area contributed by atoms with Gasteiger partial charge >= 0.3 is 0 Å². The predicted molar refractivity (Wildman–Crippen MR) is 56.0 cm³/mol. The molecule has 0 bridgehead atoms. The number of aromatic nitrogens is 2. The fraction of sp³-hybridized carbons (Fsp3) is 0.556. The Morgan fingerprint density at radius 2 is 2.29 bits per heavy atom. The highest BCUT2D eigenvalue weighted by Crippen LogP contribution is 2.24. The summed E-state index contributed by atoms with van der Waals surface area (Å²) in [7, 11) is 0. The van der Waals surface area contributed by atoms with Gasteiger partial charge in [-0.05, 0) is 25.5 Å². The van der Waals surface area contributed by atoms with Crippen molar-refractivity contribution < 1.29 is 0 Å². The Bertz CT molecular complexity index is 323. The minimum absolute atomic E-state index is 0.282. The summed E-state index contributed by atoms with van der Waals surface area (Å²) >= 11 is 5.70. The summed E-state index contributed by atoms with van der Waals surface area (Å²) in [6, 6.07) is 2.09. The molecule has 1 aliphatic rings. The number of rotatable bonds is 1. The second kappa shape index (κ2) is 4.11. The van der Waals surface area contributed by atoms with E-state index in [0.717, 1.165) is 18.7 Å². The van der Waals surface area contributed by atoms with Crippen LogP contribution in [0.3, 0.4) is 0 Å². The molecule has 2 rings (SSSR count). The number of hydrogen-bond acceptors (Lipinski definition) is 4. The third kappa shape index (κ3) is 1.96. The Morgan fingerprint density at radius 1 is 1.43 bits per heavy atom. The van der Waals surface area contributed by atoms with Crippen molar-refractivity contribution in [2.75, 3.05) is 12.3 Å². The topological polar surface area (TPSA) is 63.8 Å². The van der Waals surface area contributed by atoms with Crippen LogP contribution in [0.5, 0.6) is 0 Å². The summed E-state index contributed by atoms with van der Waals surface area (Å²) < 4.78 is 0. The molecule has 14 heavy (non-hydrogen) atoms. The van der Waals surface area contributed by atoms with Gasteiger partial charge in [-0.25, -0.2) is 0 Å². The maximum atomic E-state index is 5.70. The van der Waals surface area contributed by atoms with Crippen LogP contribution in [0, 0.1) is 0 Å². The smallest absolute Gasteiger partial charge is 0.174 e. The van der Waals surface area contributed by atoms with Crippen LogP contribution >= 0.6 is 11.6 Å². The van der Waals surface area contributed by atoms with Crippen LogP contribution in [-0.2, 0) is 0 Å². The molecule has 0 aliphatic carbocycles. The van der Waals surface area contributed by atoms with Crippen molar-refractivity contribution in [3.05, 3.63) is 16.9 Å². The van der Waals surface area contributed by atoms with Gasteiger partial charge in [0.25, 0.3) is 0 Å². The molecule has 1 aromatic heterocycles. The van der Waals surface area contributed by atoms with Gasteiger partial charge < -0.3 is 11.1 Å².